The highest BCUT2D eigenvalue weighted by Crippen LogP contribution is 2.44. The van der Waals surface area contributed by atoms with Crippen molar-refractivity contribution in [2.75, 3.05) is 20.2 Å². The van der Waals surface area contributed by atoms with Crippen molar-refractivity contribution in [1.29, 1.82) is 0 Å². The maximum Gasteiger partial charge on any atom is 0.326 e. The lowest BCUT2D eigenvalue weighted by Gasteiger charge is -2.43. The molecular formula is C16H22N2O2. The molecule has 2 aliphatic rings. The van der Waals surface area contributed by atoms with Gasteiger partial charge in [-0.1, -0.05) is 30.3 Å². The Labute approximate surface area is 119 Å². The van der Waals surface area contributed by atoms with Crippen molar-refractivity contribution in [3.63, 3.8) is 0 Å². The molecule has 1 heterocycles. The summed E-state index contributed by atoms with van der Waals surface area (Å²) in [5, 5.41) is 0. The van der Waals surface area contributed by atoms with Crippen LogP contribution in [0.2, 0.25) is 0 Å². The molecule has 2 unspecified atom stereocenters. The maximum absolute atomic E-state index is 12.0. The summed E-state index contributed by atoms with van der Waals surface area (Å²) in [6, 6.07) is 10.5. The van der Waals surface area contributed by atoms with Gasteiger partial charge >= 0.3 is 5.97 Å². The zero-order valence-electron chi connectivity index (χ0n) is 11.9. The summed E-state index contributed by atoms with van der Waals surface area (Å²) >= 11 is 0. The van der Waals surface area contributed by atoms with E-state index in [0.29, 0.717) is 0 Å². The number of ether oxygens (including phenoxy) is 1. The molecule has 1 aliphatic carbocycles. The number of nitrogens with two attached hydrogens (primary N) is 1. The van der Waals surface area contributed by atoms with Crippen LogP contribution in [0.3, 0.4) is 0 Å². The third kappa shape index (κ3) is 2.13. The molecule has 1 aromatic rings. The molecule has 0 spiro atoms. The molecule has 1 saturated carbocycles. The van der Waals surface area contributed by atoms with E-state index < -0.39 is 5.54 Å². The molecule has 4 nitrogen and oxygen atoms in total. The number of methoxy groups -OCH3 is 1. The highest BCUT2D eigenvalue weighted by molar-refractivity contribution is 5.82. The van der Waals surface area contributed by atoms with Crippen molar-refractivity contribution in [2.24, 2.45) is 17.6 Å². The molecule has 1 aromatic carbocycles. The summed E-state index contributed by atoms with van der Waals surface area (Å²) in [6.45, 7) is 2.71. The molecule has 1 saturated heterocycles. The standard InChI is InChI=1S/C16H22N2O2/c1-20-15(19)16(17)13-7-8-14(16)11-18(10-13)9-12-5-3-2-4-6-12/h2-6,13-14H,7-11,17H2,1H3. The molecule has 0 amide bonds. The molecule has 2 bridgehead atoms. The van der Waals surface area contributed by atoms with Crippen molar-refractivity contribution in [1.82, 2.24) is 4.90 Å². The second-order valence-electron chi connectivity index (χ2n) is 6.08. The second kappa shape index (κ2) is 5.19. The van der Waals surface area contributed by atoms with Crippen molar-refractivity contribution < 1.29 is 9.53 Å². The van der Waals surface area contributed by atoms with Gasteiger partial charge in [-0.15, -0.1) is 0 Å². The molecule has 108 valence electrons. The minimum Gasteiger partial charge on any atom is -0.468 e. The monoisotopic (exact) mass is 274 g/mol. The van der Waals surface area contributed by atoms with Gasteiger partial charge in [-0.05, 0) is 18.4 Å². The largest absolute Gasteiger partial charge is 0.468 e. The summed E-state index contributed by atoms with van der Waals surface area (Å²) in [7, 11) is 1.44. The number of hydrogen-bond acceptors (Lipinski definition) is 4. The third-order valence-corrected chi connectivity index (χ3v) is 4.96. The third-order valence-electron chi connectivity index (χ3n) is 4.96. The van der Waals surface area contributed by atoms with E-state index in [4.69, 9.17) is 10.5 Å². The molecule has 4 heteroatoms. The molecule has 0 radical (unpaired) electrons. The predicted molar refractivity (Wildman–Crippen MR) is 76.9 cm³/mol. The number of piperidine rings is 1. The number of hydrogen-bond donors (Lipinski definition) is 1. The number of likely N-dealkylation sites (tertiary alicyclic amines) is 1. The molecule has 20 heavy (non-hydrogen) atoms. The van der Waals surface area contributed by atoms with E-state index >= 15 is 0 Å². The molecular weight excluding hydrogens is 252 g/mol. The van der Waals surface area contributed by atoms with Crippen LogP contribution in [0.4, 0.5) is 0 Å². The Hall–Kier alpha value is -1.39. The zero-order chi connectivity index (χ0) is 14.2. The quantitative estimate of drug-likeness (QED) is 0.847. The lowest BCUT2D eigenvalue weighted by Crippen LogP contribution is -2.64. The minimum atomic E-state index is -0.762. The van der Waals surface area contributed by atoms with Crippen LogP contribution in [0.5, 0.6) is 0 Å². The summed E-state index contributed by atoms with van der Waals surface area (Å²) in [4.78, 5) is 14.5. The second-order valence-corrected chi connectivity index (χ2v) is 6.08. The van der Waals surface area contributed by atoms with Crippen LogP contribution in [0.25, 0.3) is 0 Å². The fourth-order valence-corrected chi connectivity index (χ4v) is 3.88. The predicted octanol–water partition coefficient (Wildman–Crippen LogP) is 1.40. The molecule has 2 atom stereocenters. The van der Waals surface area contributed by atoms with E-state index in [0.717, 1.165) is 32.5 Å². The normalized spacial score (nSPS) is 33.1. The van der Waals surface area contributed by atoms with E-state index in [1.165, 1.54) is 12.7 Å². The lowest BCUT2D eigenvalue weighted by atomic mass is 9.77. The Bertz CT molecular complexity index is 475. The number of rotatable bonds is 3. The van der Waals surface area contributed by atoms with Crippen molar-refractivity contribution in [3.05, 3.63) is 35.9 Å². The maximum atomic E-state index is 12.0. The van der Waals surface area contributed by atoms with E-state index in [9.17, 15) is 4.79 Å². The average Bonchev–Trinajstić information content (AvgIpc) is 2.66. The van der Waals surface area contributed by atoms with Crippen LogP contribution < -0.4 is 5.73 Å². The fourth-order valence-electron chi connectivity index (χ4n) is 3.88. The SMILES string of the molecule is COC(=O)C1(N)C2CCC1CN(Cc1ccccc1)C2. The van der Waals surface area contributed by atoms with Gasteiger partial charge in [0.15, 0.2) is 0 Å². The van der Waals surface area contributed by atoms with E-state index in [1.807, 2.05) is 6.07 Å². The van der Waals surface area contributed by atoms with Crippen LogP contribution in [-0.4, -0.2) is 36.6 Å². The Balaban J connectivity index is 1.72. The molecule has 3 rings (SSSR count). The average molecular weight is 274 g/mol. The first-order valence-corrected chi connectivity index (χ1v) is 7.28. The van der Waals surface area contributed by atoms with Gasteiger partial charge in [-0.2, -0.15) is 0 Å². The van der Waals surface area contributed by atoms with Crippen LogP contribution in [-0.2, 0) is 16.1 Å². The molecule has 1 aliphatic heterocycles. The van der Waals surface area contributed by atoms with Crippen molar-refractivity contribution in [2.45, 2.75) is 24.9 Å². The summed E-state index contributed by atoms with van der Waals surface area (Å²) in [5.74, 6) is 0.208. The lowest BCUT2D eigenvalue weighted by molar-refractivity contribution is -0.153. The Morgan fingerprint density at radius 1 is 1.30 bits per heavy atom. The fraction of sp³-hybridized carbons (Fsp3) is 0.562. The van der Waals surface area contributed by atoms with Gasteiger partial charge in [-0.3, -0.25) is 9.69 Å². The number of carbonyl (C=O) groups is 1. The van der Waals surface area contributed by atoms with Gasteiger partial charge in [0.25, 0.3) is 0 Å². The summed E-state index contributed by atoms with van der Waals surface area (Å²) in [6.07, 6.45) is 2.06. The van der Waals surface area contributed by atoms with Gasteiger partial charge in [0, 0.05) is 31.5 Å². The van der Waals surface area contributed by atoms with Crippen LogP contribution in [0.1, 0.15) is 18.4 Å². The van der Waals surface area contributed by atoms with E-state index in [1.54, 1.807) is 0 Å². The van der Waals surface area contributed by atoms with Gasteiger partial charge in [0.1, 0.15) is 5.54 Å². The number of nitrogens with zero attached hydrogens (tertiary/aromatic N) is 1. The highest BCUT2D eigenvalue weighted by atomic mass is 16.5. The van der Waals surface area contributed by atoms with Gasteiger partial charge < -0.3 is 10.5 Å². The van der Waals surface area contributed by atoms with Crippen LogP contribution >= 0.6 is 0 Å². The number of esters is 1. The number of fused-ring (bicyclic) bond motifs is 2. The first-order valence-electron chi connectivity index (χ1n) is 7.28. The van der Waals surface area contributed by atoms with Crippen molar-refractivity contribution in [3.8, 4) is 0 Å². The highest BCUT2D eigenvalue weighted by Gasteiger charge is 2.56. The molecule has 2 N–H and O–H groups in total. The van der Waals surface area contributed by atoms with Crippen molar-refractivity contribution >= 4 is 5.97 Å². The number of benzene rings is 1. The topological polar surface area (TPSA) is 55.6 Å². The van der Waals surface area contributed by atoms with Crippen LogP contribution in [0.15, 0.2) is 30.3 Å². The Kier molecular flexibility index (Phi) is 3.52. The van der Waals surface area contributed by atoms with Gasteiger partial charge in [-0.25, -0.2) is 0 Å². The first kappa shape index (κ1) is 13.6. The van der Waals surface area contributed by atoms with E-state index in [-0.39, 0.29) is 17.8 Å². The van der Waals surface area contributed by atoms with Gasteiger partial charge in [0.05, 0.1) is 7.11 Å². The Morgan fingerprint density at radius 2 is 1.90 bits per heavy atom. The van der Waals surface area contributed by atoms with E-state index in [2.05, 4.69) is 29.2 Å². The molecule has 0 aromatic heterocycles. The van der Waals surface area contributed by atoms with Gasteiger partial charge in [0.2, 0.25) is 0 Å². The first-order chi connectivity index (χ1) is 9.64. The van der Waals surface area contributed by atoms with Crippen LogP contribution in [0, 0.1) is 11.8 Å². The number of carbonyl (C=O) groups excluding carboxylic acids is 1. The zero-order valence-corrected chi connectivity index (χ0v) is 11.9. The smallest absolute Gasteiger partial charge is 0.326 e. The molecule has 2 fully saturated rings. The summed E-state index contributed by atoms with van der Waals surface area (Å²) in [5.41, 5.74) is 6.97. The minimum absolute atomic E-state index is 0.220. The Morgan fingerprint density at radius 3 is 2.45 bits per heavy atom. The summed E-state index contributed by atoms with van der Waals surface area (Å²) < 4.78 is 4.94.